The van der Waals surface area contributed by atoms with Crippen LogP contribution in [-0.2, 0) is 4.74 Å². The van der Waals surface area contributed by atoms with Crippen LogP contribution in [0.4, 0.5) is 11.4 Å². The van der Waals surface area contributed by atoms with Gasteiger partial charge < -0.3 is 19.5 Å². The van der Waals surface area contributed by atoms with Gasteiger partial charge in [-0.2, -0.15) is 0 Å². The van der Waals surface area contributed by atoms with E-state index in [4.69, 9.17) is 9.47 Å². The van der Waals surface area contributed by atoms with Gasteiger partial charge in [0.25, 0.3) is 0 Å². The average Bonchev–Trinajstić information content (AvgIpc) is 2.37. The molecule has 0 fully saturated rings. The number of methoxy groups -OCH3 is 2. The van der Waals surface area contributed by atoms with Crippen LogP contribution in [0, 0.1) is 10.1 Å². The quantitative estimate of drug-likeness (QED) is 0.588. The van der Waals surface area contributed by atoms with E-state index in [0.717, 1.165) is 0 Å². The largest absolute Gasteiger partial charge is 0.490 e. The molecule has 0 saturated carbocycles. The van der Waals surface area contributed by atoms with Gasteiger partial charge in [-0.05, 0) is 12.1 Å². The lowest BCUT2D eigenvalue weighted by Crippen LogP contribution is -2.32. The molecule has 0 bridgehead atoms. The zero-order valence-corrected chi connectivity index (χ0v) is 11.2. The molecule has 0 amide bonds. The number of anilines is 1. The van der Waals surface area contributed by atoms with Crippen molar-refractivity contribution in [1.29, 1.82) is 0 Å². The summed E-state index contributed by atoms with van der Waals surface area (Å²) in [5, 5.41) is 20.8. The normalized spacial score (nSPS) is 12.0. The third-order valence-electron chi connectivity index (χ3n) is 2.64. The summed E-state index contributed by atoms with van der Waals surface area (Å²) in [7, 11) is 4.53. The molecule has 7 nitrogen and oxygen atoms in total. The lowest BCUT2D eigenvalue weighted by Gasteiger charge is -2.22. The summed E-state index contributed by atoms with van der Waals surface area (Å²) in [5.41, 5.74) is 0.275. The molecule has 19 heavy (non-hydrogen) atoms. The third-order valence-corrected chi connectivity index (χ3v) is 2.64. The Morgan fingerprint density at radius 1 is 1.47 bits per heavy atom. The Morgan fingerprint density at radius 3 is 2.68 bits per heavy atom. The van der Waals surface area contributed by atoms with Crippen molar-refractivity contribution in [2.45, 2.75) is 6.10 Å². The smallest absolute Gasteiger partial charge is 0.333 e. The fourth-order valence-corrected chi connectivity index (χ4v) is 1.83. The molecule has 7 heteroatoms. The van der Waals surface area contributed by atoms with Crippen molar-refractivity contribution in [2.75, 3.05) is 39.3 Å². The Balaban J connectivity index is 3.02. The van der Waals surface area contributed by atoms with Crippen LogP contribution in [0.5, 0.6) is 5.75 Å². The third kappa shape index (κ3) is 3.80. The monoisotopic (exact) mass is 270 g/mol. The topological polar surface area (TPSA) is 85.1 Å². The molecule has 0 aromatic heterocycles. The number of aliphatic hydroxyl groups is 1. The van der Waals surface area contributed by atoms with Crippen LogP contribution in [0.25, 0.3) is 0 Å². The first kappa shape index (κ1) is 15.2. The van der Waals surface area contributed by atoms with E-state index in [1.165, 1.54) is 20.3 Å². The van der Waals surface area contributed by atoms with Gasteiger partial charge in [0.1, 0.15) is 5.69 Å². The van der Waals surface area contributed by atoms with Crippen LogP contribution >= 0.6 is 0 Å². The second kappa shape index (κ2) is 6.91. The number of hydrogen-bond donors (Lipinski definition) is 1. The van der Waals surface area contributed by atoms with Gasteiger partial charge in [-0.25, -0.2) is 0 Å². The molecule has 1 rings (SSSR count). The predicted octanol–water partition coefficient (Wildman–Crippen LogP) is 1.05. The minimum absolute atomic E-state index is 0.114. The molecule has 0 aliphatic heterocycles. The first-order valence-corrected chi connectivity index (χ1v) is 5.70. The molecule has 1 N–H and O–H groups in total. The molecule has 0 heterocycles. The van der Waals surface area contributed by atoms with E-state index in [1.54, 1.807) is 24.1 Å². The minimum Gasteiger partial charge on any atom is -0.490 e. The first-order chi connectivity index (χ1) is 9.01. The fourth-order valence-electron chi connectivity index (χ4n) is 1.83. The van der Waals surface area contributed by atoms with Crippen molar-refractivity contribution >= 4 is 11.4 Å². The molecular weight excluding hydrogens is 252 g/mol. The summed E-state index contributed by atoms with van der Waals surface area (Å²) in [5.74, 6) is 0.190. The van der Waals surface area contributed by atoms with Gasteiger partial charge in [-0.15, -0.1) is 0 Å². The average molecular weight is 270 g/mol. The summed E-state index contributed by atoms with van der Waals surface area (Å²) >= 11 is 0. The maximum absolute atomic E-state index is 11.1. The van der Waals surface area contributed by atoms with Crippen LogP contribution in [0.2, 0.25) is 0 Å². The summed E-state index contributed by atoms with van der Waals surface area (Å²) in [4.78, 5) is 12.2. The number of aliphatic hydroxyl groups excluding tert-OH is 1. The molecule has 0 saturated heterocycles. The summed E-state index contributed by atoms with van der Waals surface area (Å²) in [6, 6.07) is 4.81. The van der Waals surface area contributed by atoms with E-state index in [9.17, 15) is 15.2 Å². The van der Waals surface area contributed by atoms with Crippen LogP contribution in [0.15, 0.2) is 18.2 Å². The first-order valence-electron chi connectivity index (χ1n) is 5.70. The Hall–Kier alpha value is -1.86. The van der Waals surface area contributed by atoms with E-state index in [-0.39, 0.29) is 24.6 Å². The highest BCUT2D eigenvalue weighted by Gasteiger charge is 2.23. The zero-order chi connectivity index (χ0) is 14.4. The zero-order valence-electron chi connectivity index (χ0n) is 11.2. The van der Waals surface area contributed by atoms with E-state index in [0.29, 0.717) is 5.69 Å². The van der Waals surface area contributed by atoms with Gasteiger partial charge >= 0.3 is 5.69 Å². The highest BCUT2D eigenvalue weighted by Crippen LogP contribution is 2.36. The highest BCUT2D eigenvalue weighted by molar-refractivity contribution is 5.69. The Kier molecular flexibility index (Phi) is 5.53. The summed E-state index contributed by atoms with van der Waals surface area (Å²) < 4.78 is 9.82. The number of likely N-dealkylation sites (N-methyl/N-ethyl adjacent to an activating group) is 1. The SMILES string of the molecule is COCC(O)CN(C)c1cccc(OC)c1[N+](=O)[O-]. The molecule has 1 aromatic rings. The number of para-hydroxylation sites is 1. The Labute approximate surface area is 111 Å². The maximum atomic E-state index is 11.1. The van der Waals surface area contributed by atoms with E-state index in [2.05, 4.69) is 0 Å². The number of ether oxygens (including phenoxy) is 2. The molecular formula is C12H18N2O5. The van der Waals surface area contributed by atoms with E-state index < -0.39 is 11.0 Å². The van der Waals surface area contributed by atoms with Gasteiger partial charge in [0.15, 0.2) is 5.75 Å². The number of hydrogen-bond acceptors (Lipinski definition) is 6. The predicted molar refractivity (Wildman–Crippen MR) is 70.8 cm³/mol. The van der Waals surface area contributed by atoms with Gasteiger partial charge in [0.2, 0.25) is 0 Å². The van der Waals surface area contributed by atoms with Crippen molar-refractivity contribution < 1.29 is 19.5 Å². The van der Waals surface area contributed by atoms with Crippen molar-refractivity contribution in [3.8, 4) is 5.75 Å². The molecule has 1 unspecified atom stereocenters. The van der Waals surface area contributed by atoms with Crippen LogP contribution in [0.1, 0.15) is 0 Å². The molecule has 1 aromatic carbocycles. The molecule has 0 radical (unpaired) electrons. The van der Waals surface area contributed by atoms with Crippen LogP contribution in [0.3, 0.4) is 0 Å². The second-order valence-electron chi connectivity index (χ2n) is 4.07. The standard InChI is InChI=1S/C12H18N2O5/c1-13(7-9(15)8-18-2)10-5-4-6-11(19-3)12(10)14(16)17/h4-6,9,15H,7-8H2,1-3H3. The lowest BCUT2D eigenvalue weighted by molar-refractivity contribution is -0.385. The molecule has 1 atom stereocenters. The van der Waals surface area contributed by atoms with Crippen molar-refractivity contribution in [1.82, 2.24) is 0 Å². The minimum atomic E-state index is -0.721. The van der Waals surface area contributed by atoms with Crippen molar-refractivity contribution in [3.63, 3.8) is 0 Å². The number of nitro benzene ring substituents is 1. The van der Waals surface area contributed by atoms with E-state index >= 15 is 0 Å². The van der Waals surface area contributed by atoms with Crippen molar-refractivity contribution in [3.05, 3.63) is 28.3 Å². The Bertz CT molecular complexity index is 438. The van der Waals surface area contributed by atoms with Crippen LogP contribution in [-0.4, -0.2) is 50.6 Å². The summed E-state index contributed by atoms with van der Waals surface area (Å²) in [6.07, 6.45) is -0.721. The lowest BCUT2D eigenvalue weighted by atomic mass is 10.2. The maximum Gasteiger partial charge on any atom is 0.333 e. The number of rotatable bonds is 7. The highest BCUT2D eigenvalue weighted by atomic mass is 16.6. The van der Waals surface area contributed by atoms with Gasteiger partial charge in [-0.3, -0.25) is 10.1 Å². The van der Waals surface area contributed by atoms with Crippen molar-refractivity contribution in [2.24, 2.45) is 0 Å². The van der Waals surface area contributed by atoms with Gasteiger partial charge in [-0.1, -0.05) is 6.07 Å². The summed E-state index contributed by atoms with van der Waals surface area (Å²) in [6.45, 7) is 0.393. The molecule has 0 aliphatic rings. The second-order valence-corrected chi connectivity index (χ2v) is 4.07. The number of nitrogens with zero attached hydrogens (tertiary/aromatic N) is 2. The number of benzene rings is 1. The fraction of sp³-hybridized carbons (Fsp3) is 0.500. The number of nitro groups is 1. The van der Waals surface area contributed by atoms with Gasteiger partial charge in [0.05, 0.1) is 24.7 Å². The molecule has 0 spiro atoms. The van der Waals surface area contributed by atoms with Gasteiger partial charge in [0, 0.05) is 20.7 Å². The molecule has 0 aliphatic carbocycles. The molecule has 106 valence electrons. The van der Waals surface area contributed by atoms with Crippen LogP contribution < -0.4 is 9.64 Å². The Morgan fingerprint density at radius 2 is 2.16 bits per heavy atom. The van der Waals surface area contributed by atoms with E-state index in [1.807, 2.05) is 0 Å².